The number of rotatable bonds is 6. The summed E-state index contributed by atoms with van der Waals surface area (Å²) < 4.78 is 5.51. The number of furan rings is 1. The fourth-order valence-corrected chi connectivity index (χ4v) is 1.60. The average Bonchev–Trinajstić information content (AvgIpc) is 2.82. The Morgan fingerprint density at radius 2 is 1.94 bits per heavy atom. The van der Waals surface area contributed by atoms with Crippen LogP contribution in [0.5, 0.6) is 0 Å². The standard InChI is InChI=1S/C13H18N4O/c1-10-4-5-12(18-10)11-8-16-13(17-9-11)15-7-3-6-14-2/h4-5,8-9,14H,3,6-7H2,1-2H3,(H,15,16,17). The normalized spacial score (nSPS) is 10.6. The second-order valence-electron chi connectivity index (χ2n) is 4.09. The average molecular weight is 246 g/mol. The maximum atomic E-state index is 5.51. The lowest BCUT2D eigenvalue weighted by molar-refractivity contribution is 0.548. The Morgan fingerprint density at radius 3 is 2.56 bits per heavy atom. The SMILES string of the molecule is CNCCCNc1ncc(-c2ccc(C)o2)cn1. The van der Waals surface area contributed by atoms with Crippen molar-refractivity contribution in [2.45, 2.75) is 13.3 Å². The second kappa shape index (κ2) is 6.16. The maximum Gasteiger partial charge on any atom is 0.222 e. The van der Waals surface area contributed by atoms with Gasteiger partial charge in [-0.3, -0.25) is 0 Å². The van der Waals surface area contributed by atoms with Crippen LogP contribution < -0.4 is 10.6 Å². The third-order valence-electron chi connectivity index (χ3n) is 2.56. The van der Waals surface area contributed by atoms with Gasteiger partial charge in [0.2, 0.25) is 5.95 Å². The van der Waals surface area contributed by atoms with Crippen molar-refractivity contribution in [2.24, 2.45) is 0 Å². The Kier molecular flexibility index (Phi) is 4.30. The van der Waals surface area contributed by atoms with Gasteiger partial charge in [-0.05, 0) is 39.1 Å². The van der Waals surface area contributed by atoms with Crippen molar-refractivity contribution in [3.63, 3.8) is 0 Å². The van der Waals surface area contributed by atoms with Gasteiger partial charge in [0.05, 0.1) is 5.56 Å². The van der Waals surface area contributed by atoms with Gasteiger partial charge in [0.15, 0.2) is 0 Å². The summed E-state index contributed by atoms with van der Waals surface area (Å²) in [6, 6.07) is 3.85. The molecular formula is C13H18N4O. The van der Waals surface area contributed by atoms with Crippen molar-refractivity contribution in [3.05, 3.63) is 30.3 Å². The zero-order valence-electron chi connectivity index (χ0n) is 10.7. The Hall–Kier alpha value is -1.88. The first kappa shape index (κ1) is 12.6. The Labute approximate surface area is 107 Å². The van der Waals surface area contributed by atoms with E-state index in [1.807, 2.05) is 26.1 Å². The lowest BCUT2D eigenvalue weighted by atomic mass is 10.3. The highest BCUT2D eigenvalue weighted by Gasteiger charge is 2.03. The van der Waals surface area contributed by atoms with Crippen LogP contribution in [0.1, 0.15) is 12.2 Å². The molecule has 0 amide bonds. The zero-order valence-corrected chi connectivity index (χ0v) is 10.7. The number of aryl methyl sites for hydroxylation is 1. The minimum Gasteiger partial charge on any atom is -0.461 e. The van der Waals surface area contributed by atoms with Crippen LogP contribution >= 0.6 is 0 Å². The van der Waals surface area contributed by atoms with Crippen LogP contribution in [0, 0.1) is 6.92 Å². The highest BCUT2D eigenvalue weighted by atomic mass is 16.3. The van der Waals surface area contributed by atoms with Gasteiger partial charge in [-0.2, -0.15) is 0 Å². The fraction of sp³-hybridized carbons (Fsp3) is 0.385. The van der Waals surface area contributed by atoms with E-state index in [0.717, 1.165) is 36.6 Å². The van der Waals surface area contributed by atoms with Gasteiger partial charge in [-0.15, -0.1) is 0 Å². The molecule has 0 aromatic carbocycles. The van der Waals surface area contributed by atoms with Crippen LogP contribution in [-0.2, 0) is 0 Å². The summed E-state index contributed by atoms with van der Waals surface area (Å²) in [5.74, 6) is 2.34. The van der Waals surface area contributed by atoms with Crippen LogP contribution in [0.2, 0.25) is 0 Å². The van der Waals surface area contributed by atoms with E-state index in [-0.39, 0.29) is 0 Å². The van der Waals surface area contributed by atoms with E-state index in [4.69, 9.17) is 4.42 Å². The van der Waals surface area contributed by atoms with E-state index in [1.165, 1.54) is 0 Å². The Balaban J connectivity index is 1.93. The summed E-state index contributed by atoms with van der Waals surface area (Å²) in [6.45, 7) is 3.76. The molecule has 0 spiro atoms. The molecular weight excluding hydrogens is 228 g/mol. The van der Waals surface area contributed by atoms with Gasteiger partial charge >= 0.3 is 0 Å². The summed E-state index contributed by atoms with van der Waals surface area (Å²) in [5, 5.41) is 6.26. The molecule has 0 atom stereocenters. The van der Waals surface area contributed by atoms with Gasteiger partial charge in [0.25, 0.3) is 0 Å². The third-order valence-corrected chi connectivity index (χ3v) is 2.56. The van der Waals surface area contributed by atoms with Crippen LogP contribution in [0.3, 0.4) is 0 Å². The highest BCUT2D eigenvalue weighted by molar-refractivity contribution is 5.55. The monoisotopic (exact) mass is 246 g/mol. The van der Waals surface area contributed by atoms with Gasteiger partial charge in [0, 0.05) is 18.9 Å². The lowest BCUT2D eigenvalue weighted by Crippen LogP contribution is -2.13. The number of hydrogen-bond acceptors (Lipinski definition) is 5. The molecule has 2 rings (SSSR count). The zero-order chi connectivity index (χ0) is 12.8. The quantitative estimate of drug-likeness (QED) is 0.764. The maximum absolute atomic E-state index is 5.51. The smallest absolute Gasteiger partial charge is 0.222 e. The number of aromatic nitrogens is 2. The minimum atomic E-state index is 0.651. The first-order chi connectivity index (χ1) is 8.79. The highest BCUT2D eigenvalue weighted by Crippen LogP contribution is 2.20. The number of anilines is 1. The molecule has 0 aliphatic carbocycles. The predicted molar refractivity (Wildman–Crippen MR) is 71.5 cm³/mol. The molecule has 0 aliphatic heterocycles. The first-order valence-corrected chi connectivity index (χ1v) is 6.07. The summed E-state index contributed by atoms with van der Waals surface area (Å²) in [6.07, 6.45) is 4.58. The molecule has 0 fully saturated rings. The molecule has 2 aromatic rings. The molecule has 0 aliphatic rings. The van der Waals surface area contributed by atoms with E-state index >= 15 is 0 Å². The summed E-state index contributed by atoms with van der Waals surface area (Å²) in [4.78, 5) is 8.52. The topological polar surface area (TPSA) is 63.0 Å². The van der Waals surface area contributed by atoms with Crippen molar-refractivity contribution < 1.29 is 4.42 Å². The fourth-order valence-electron chi connectivity index (χ4n) is 1.60. The van der Waals surface area contributed by atoms with Crippen molar-refractivity contribution in [1.29, 1.82) is 0 Å². The molecule has 2 aromatic heterocycles. The van der Waals surface area contributed by atoms with E-state index in [0.29, 0.717) is 5.95 Å². The van der Waals surface area contributed by atoms with Gasteiger partial charge < -0.3 is 15.1 Å². The lowest BCUT2D eigenvalue weighted by Gasteiger charge is -2.04. The molecule has 2 heterocycles. The second-order valence-corrected chi connectivity index (χ2v) is 4.09. The van der Waals surface area contributed by atoms with Crippen molar-refractivity contribution in [2.75, 3.05) is 25.5 Å². The van der Waals surface area contributed by atoms with Crippen LogP contribution in [0.15, 0.2) is 28.9 Å². The largest absolute Gasteiger partial charge is 0.461 e. The molecule has 0 radical (unpaired) electrons. The van der Waals surface area contributed by atoms with Crippen LogP contribution in [-0.4, -0.2) is 30.1 Å². The van der Waals surface area contributed by atoms with Crippen molar-refractivity contribution in [1.82, 2.24) is 15.3 Å². The number of hydrogen-bond donors (Lipinski definition) is 2. The van der Waals surface area contributed by atoms with Crippen molar-refractivity contribution >= 4 is 5.95 Å². The number of nitrogens with one attached hydrogen (secondary N) is 2. The summed E-state index contributed by atoms with van der Waals surface area (Å²) >= 11 is 0. The van der Waals surface area contributed by atoms with Gasteiger partial charge in [-0.1, -0.05) is 0 Å². The van der Waals surface area contributed by atoms with E-state index < -0.39 is 0 Å². The first-order valence-electron chi connectivity index (χ1n) is 6.07. The van der Waals surface area contributed by atoms with E-state index in [2.05, 4.69) is 20.6 Å². The molecule has 0 bridgehead atoms. The molecule has 2 N–H and O–H groups in total. The Morgan fingerprint density at radius 1 is 1.17 bits per heavy atom. The Bertz CT molecular complexity index is 478. The third kappa shape index (κ3) is 3.30. The van der Waals surface area contributed by atoms with E-state index in [9.17, 15) is 0 Å². The molecule has 5 nitrogen and oxygen atoms in total. The molecule has 0 saturated carbocycles. The molecule has 5 heteroatoms. The predicted octanol–water partition coefficient (Wildman–Crippen LogP) is 2.07. The summed E-state index contributed by atoms with van der Waals surface area (Å²) in [5.41, 5.74) is 0.892. The molecule has 18 heavy (non-hydrogen) atoms. The van der Waals surface area contributed by atoms with Gasteiger partial charge in [-0.25, -0.2) is 9.97 Å². The molecule has 0 unspecified atom stereocenters. The van der Waals surface area contributed by atoms with Gasteiger partial charge in [0.1, 0.15) is 11.5 Å². The van der Waals surface area contributed by atoms with Crippen molar-refractivity contribution in [3.8, 4) is 11.3 Å². The minimum absolute atomic E-state index is 0.651. The van der Waals surface area contributed by atoms with Crippen LogP contribution in [0.4, 0.5) is 5.95 Å². The van der Waals surface area contributed by atoms with Crippen LogP contribution in [0.25, 0.3) is 11.3 Å². The molecule has 96 valence electrons. The van der Waals surface area contributed by atoms with E-state index in [1.54, 1.807) is 12.4 Å². The number of nitrogens with zero attached hydrogens (tertiary/aromatic N) is 2. The summed E-state index contributed by atoms with van der Waals surface area (Å²) in [7, 11) is 1.94. The molecule has 0 saturated heterocycles.